The number of amides is 1. The summed E-state index contributed by atoms with van der Waals surface area (Å²) in [5, 5.41) is 14.6. The summed E-state index contributed by atoms with van der Waals surface area (Å²) in [5.74, 6) is -0.265. The van der Waals surface area contributed by atoms with Crippen LogP contribution in [-0.2, 0) is 11.3 Å². The number of benzene rings is 1. The molecule has 3 aromatic rings. The molecule has 2 aromatic heterocycles. The van der Waals surface area contributed by atoms with E-state index in [4.69, 9.17) is 27.9 Å². The van der Waals surface area contributed by atoms with Crippen molar-refractivity contribution in [1.29, 1.82) is 5.26 Å². The summed E-state index contributed by atoms with van der Waals surface area (Å²) in [6, 6.07) is 11.0. The fraction of sp³-hybridized carbons (Fsp3) is 0.227. The van der Waals surface area contributed by atoms with Gasteiger partial charge in [0.25, 0.3) is 5.91 Å². The average Bonchev–Trinajstić information content (AvgIpc) is 3.18. The molecular weight excluding hydrogens is 455 g/mol. The van der Waals surface area contributed by atoms with E-state index in [9.17, 15) is 10.1 Å². The van der Waals surface area contributed by atoms with Crippen molar-refractivity contribution in [2.45, 2.75) is 6.54 Å². The second-order valence-electron chi connectivity index (χ2n) is 6.86. The summed E-state index contributed by atoms with van der Waals surface area (Å²) in [6.07, 6.45) is 3.35. The molecule has 0 bridgehead atoms. The van der Waals surface area contributed by atoms with Crippen LogP contribution < -0.4 is 10.2 Å². The number of aromatic nitrogens is 1. The molecule has 1 aliphatic heterocycles. The van der Waals surface area contributed by atoms with Gasteiger partial charge in [0, 0.05) is 53.2 Å². The molecule has 6 nitrogen and oxygen atoms in total. The van der Waals surface area contributed by atoms with Gasteiger partial charge in [-0.2, -0.15) is 5.26 Å². The van der Waals surface area contributed by atoms with Crippen LogP contribution in [0.5, 0.6) is 0 Å². The van der Waals surface area contributed by atoms with Crippen LogP contribution in [0.4, 0.5) is 5.00 Å². The van der Waals surface area contributed by atoms with Crippen molar-refractivity contribution < 1.29 is 9.53 Å². The Morgan fingerprint density at radius 1 is 1.23 bits per heavy atom. The molecule has 0 aliphatic carbocycles. The Morgan fingerprint density at radius 2 is 1.97 bits per heavy atom. The Balaban J connectivity index is 1.77. The average molecular weight is 473 g/mol. The van der Waals surface area contributed by atoms with Gasteiger partial charge < -0.3 is 15.0 Å². The number of nitriles is 1. The molecule has 0 spiro atoms. The van der Waals surface area contributed by atoms with Crippen LogP contribution in [0.2, 0.25) is 10.0 Å². The normalized spacial score (nSPS) is 13.6. The van der Waals surface area contributed by atoms with E-state index in [1.165, 1.54) is 11.3 Å². The Bertz CT molecular complexity index is 1140. The third-order valence-electron chi connectivity index (χ3n) is 4.91. The van der Waals surface area contributed by atoms with Gasteiger partial charge in [-0.15, -0.1) is 11.3 Å². The summed E-state index contributed by atoms with van der Waals surface area (Å²) < 4.78 is 5.44. The predicted molar refractivity (Wildman–Crippen MR) is 123 cm³/mol. The largest absolute Gasteiger partial charge is 0.378 e. The lowest BCUT2D eigenvalue weighted by atomic mass is 10.0. The van der Waals surface area contributed by atoms with Crippen molar-refractivity contribution in [1.82, 2.24) is 10.3 Å². The topological polar surface area (TPSA) is 78.2 Å². The Hall–Kier alpha value is -2.63. The van der Waals surface area contributed by atoms with Gasteiger partial charge in [-0.1, -0.05) is 29.3 Å². The van der Waals surface area contributed by atoms with Crippen molar-refractivity contribution in [2.75, 3.05) is 31.2 Å². The first-order chi connectivity index (χ1) is 15.1. The van der Waals surface area contributed by atoms with Crippen LogP contribution in [0.1, 0.15) is 20.8 Å². The number of ether oxygens (including phenoxy) is 1. The molecule has 158 valence electrons. The van der Waals surface area contributed by atoms with Crippen LogP contribution in [0.25, 0.3) is 11.1 Å². The molecule has 1 aromatic carbocycles. The van der Waals surface area contributed by atoms with Gasteiger partial charge in [0.1, 0.15) is 15.9 Å². The van der Waals surface area contributed by atoms with Crippen LogP contribution in [0, 0.1) is 11.3 Å². The Kier molecular flexibility index (Phi) is 6.73. The Morgan fingerprint density at radius 3 is 2.65 bits per heavy atom. The summed E-state index contributed by atoms with van der Waals surface area (Å²) in [5.41, 5.74) is 2.50. The zero-order valence-corrected chi connectivity index (χ0v) is 18.7. The summed E-state index contributed by atoms with van der Waals surface area (Å²) >= 11 is 13.8. The fourth-order valence-corrected chi connectivity index (χ4v) is 5.12. The van der Waals surface area contributed by atoms with E-state index in [2.05, 4.69) is 21.3 Å². The molecule has 1 aliphatic rings. The Labute approximate surface area is 194 Å². The quantitative estimate of drug-likeness (QED) is 0.579. The zero-order valence-electron chi connectivity index (χ0n) is 16.4. The highest BCUT2D eigenvalue weighted by Crippen LogP contribution is 2.44. The van der Waals surface area contributed by atoms with E-state index < -0.39 is 0 Å². The lowest BCUT2D eigenvalue weighted by molar-refractivity contribution is 0.0955. The lowest BCUT2D eigenvalue weighted by Gasteiger charge is -2.27. The van der Waals surface area contributed by atoms with Gasteiger partial charge >= 0.3 is 0 Å². The number of pyridine rings is 1. The van der Waals surface area contributed by atoms with Gasteiger partial charge in [0.2, 0.25) is 0 Å². The second kappa shape index (κ2) is 9.67. The van der Waals surface area contributed by atoms with Crippen molar-refractivity contribution in [2.24, 2.45) is 0 Å². The molecule has 0 saturated carbocycles. The van der Waals surface area contributed by atoms with Gasteiger partial charge in [-0.3, -0.25) is 9.78 Å². The number of anilines is 1. The molecule has 0 atom stereocenters. The summed E-state index contributed by atoms with van der Waals surface area (Å²) in [6.45, 7) is 2.80. The molecule has 1 saturated heterocycles. The van der Waals surface area contributed by atoms with Crippen LogP contribution in [-0.4, -0.2) is 37.2 Å². The van der Waals surface area contributed by atoms with E-state index in [0.717, 1.165) is 10.6 Å². The van der Waals surface area contributed by atoms with Crippen molar-refractivity contribution >= 4 is 45.4 Å². The highest BCUT2D eigenvalue weighted by molar-refractivity contribution is 7.19. The minimum atomic E-state index is -0.265. The van der Waals surface area contributed by atoms with Crippen molar-refractivity contribution in [3.8, 4) is 17.2 Å². The minimum absolute atomic E-state index is 0.265. The maximum absolute atomic E-state index is 13.2. The molecule has 0 unspecified atom stereocenters. The molecule has 1 fully saturated rings. The number of hydrogen-bond acceptors (Lipinski definition) is 6. The third-order valence-corrected chi connectivity index (χ3v) is 6.71. The van der Waals surface area contributed by atoms with Crippen LogP contribution >= 0.6 is 34.5 Å². The first kappa shape index (κ1) is 21.6. The molecule has 0 radical (unpaired) electrons. The molecule has 4 rings (SSSR count). The van der Waals surface area contributed by atoms with Crippen molar-refractivity contribution in [3.63, 3.8) is 0 Å². The predicted octanol–water partition coefficient (Wildman–Crippen LogP) is 4.76. The van der Waals surface area contributed by atoms with Gasteiger partial charge in [0.15, 0.2) is 0 Å². The number of thiophene rings is 1. The van der Waals surface area contributed by atoms with E-state index in [1.54, 1.807) is 30.6 Å². The highest BCUT2D eigenvalue weighted by atomic mass is 35.5. The van der Waals surface area contributed by atoms with Gasteiger partial charge in [-0.25, -0.2) is 0 Å². The first-order valence-electron chi connectivity index (χ1n) is 9.60. The van der Waals surface area contributed by atoms with Gasteiger partial charge in [-0.05, 0) is 29.8 Å². The second-order valence-corrected chi connectivity index (χ2v) is 8.70. The van der Waals surface area contributed by atoms with Crippen LogP contribution in [0.3, 0.4) is 0 Å². The number of nitrogens with one attached hydrogen (secondary N) is 1. The number of carbonyl (C=O) groups excluding carboxylic acids is 1. The lowest BCUT2D eigenvalue weighted by Crippen LogP contribution is -2.36. The maximum atomic E-state index is 13.2. The molecule has 3 heterocycles. The zero-order chi connectivity index (χ0) is 21.8. The molecular formula is C22H18Cl2N4O2S. The van der Waals surface area contributed by atoms with E-state index in [-0.39, 0.29) is 5.91 Å². The number of hydrogen-bond donors (Lipinski definition) is 1. The van der Waals surface area contributed by atoms with E-state index >= 15 is 0 Å². The first-order valence-corrected chi connectivity index (χ1v) is 11.2. The molecule has 9 heteroatoms. The number of carbonyl (C=O) groups is 1. The molecule has 1 amide bonds. The summed E-state index contributed by atoms with van der Waals surface area (Å²) in [4.78, 5) is 19.7. The number of nitrogens with zero attached hydrogens (tertiary/aromatic N) is 3. The molecule has 31 heavy (non-hydrogen) atoms. The van der Waals surface area contributed by atoms with Crippen LogP contribution in [0.15, 0.2) is 42.7 Å². The van der Waals surface area contributed by atoms with E-state index in [0.29, 0.717) is 64.5 Å². The number of halogens is 2. The monoisotopic (exact) mass is 472 g/mol. The highest BCUT2D eigenvalue weighted by Gasteiger charge is 2.28. The number of morpholine rings is 1. The molecule has 1 N–H and O–H groups in total. The third kappa shape index (κ3) is 4.68. The SMILES string of the molecule is N#Cc1c(N2CCOCC2)sc(C(=O)NCc2ccncc2)c1-c1ccc(Cl)cc1Cl. The van der Waals surface area contributed by atoms with Crippen molar-refractivity contribution in [3.05, 3.63) is 68.8 Å². The number of rotatable bonds is 5. The fourth-order valence-electron chi connectivity index (χ4n) is 3.38. The summed E-state index contributed by atoms with van der Waals surface area (Å²) in [7, 11) is 0. The standard InChI is InChI=1S/C22H18Cl2N4O2S/c23-15-1-2-16(18(24)11-15)19-17(12-25)22(28-7-9-30-10-8-28)31-20(19)21(29)27-13-14-3-5-26-6-4-14/h1-6,11H,7-10,13H2,(H,27,29). The smallest absolute Gasteiger partial charge is 0.262 e. The maximum Gasteiger partial charge on any atom is 0.262 e. The minimum Gasteiger partial charge on any atom is -0.378 e. The van der Waals surface area contributed by atoms with E-state index in [1.807, 2.05) is 12.1 Å². The van der Waals surface area contributed by atoms with Gasteiger partial charge in [0.05, 0.1) is 18.8 Å².